The number of thioether (sulfide) groups is 1. The Hall–Kier alpha value is -2.97. The van der Waals surface area contributed by atoms with Crippen LogP contribution in [0.4, 0.5) is 0 Å². The lowest BCUT2D eigenvalue weighted by molar-refractivity contribution is -0.148. The average molecular weight is 487 g/mol. The number of fused-ring (bicyclic) bond motifs is 1. The van der Waals surface area contributed by atoms with Crippen molar-refractivity contribution in [1.82, 2.24) is 10.2 Å². The van der Waals surface area contributed by atoms with Crippen LogP contribution in [0.25, 0.3) is 0 Å². The Balaban J connectivity index is 1.38. The van der Waals surface area contributed by atoms with Gasteiger partial charge in [-0.15, -0.1) is 11.6 Å². The summed E-state index contributed by atoms with van der Waals surface area (Å²) < 4.78 is 10.6. The first-order valence-electron chi connectivity index (χ1n) is 10.4. The Bertz CT molecular complexity index is 1070. The van der Waals surface area contributed by atoms with Gasteiger partial charge in [0.1, 0.15) is 23.8 Å². The third kappa shape index (κ3) is 5.17. The summed E-state index contributed by atoms with van der Waals surface area (Å²) in [6.07, 6.45) is 0.182. The first kappa shape index (κ1) is 23.2. The molecule has 2 aromatic carbocycles. The summed E-state index contributed by atoms with van der Waals surface area (Å²) in [6.45, 7) is 0.352. The maximum atomic E-state index is 12.8. The van der Waals surface area contributed by atoms with E-state index in [2.05, 4.69) is 5.32 Å². The minimum atomic E-state index is -0.688. The number of hydrogen-bond acceptors (Lipinski definition) is 6. The number of methoxy groups -OCH3 is 1. The maximum Gasteiger partial charge on any atom is 0.345 e. The number of hydrogen-bond donors (Lipinski definition) is 1. The third-order valence-corrected chi connectivity index (χ3v) is 7.24. The zero-order valence-electron chi connectivity index (χ0n) is 18.0. The summed E-state index contributed by atoms with van der Waals surface area (Å²) >= 11 is 7.28. The van der Waals surface area contributed by atoms with E-state index in [1.54, 1.807) is 24.1 Å². The van der Waals surface area contributed by atoms with E-state index in [0.717, 1.165) is 16.9 Å². The van der Waals surface area contributed by atoms with Crippen LogP contribution in [0.15, 0.2) is 65.1 Å². The van der Waals surface area contributed by atoms with Gasteiger partial charge in [-0.05, 0) is 28.8 Å². The lowest BCUT2D eigenvalue weighted by atomic mass is 10.0. The molecule has 2 aliphatic rings. The molecule has 2 heterocycles. The van der Waals surface area contributed by atoms with E-state index in [4.69, 9.17) is 21.1 Å². The number of carbonyl (C=O) groups excluding carboxylic acids is 3. The first-order chi connectivity index (χ1) is 16.0. The largest absolute Gasteiger partial charge is 0.497 e. The smallest absolute Gasteiger partial charge is 0.345 e. The van der Waals surface area contributed by atoms with Crippen molar-refractivity contribution in [2.45, 2.75) is 24.4 Å². The van der Waals surface area contributed by atoms with Crippen LogP contribution in [-0.4, -0.2) is 53.6 Å². The summed E-state index contributed by atoms with van der Waals surface area (Å²) in [5, 5.41) is 2.44. The van der Waals surface area contributed by atoms with Crippen LogP contribution in [0, 0.1) is 0 Å². The normalized spacial score (nSPS) is 19.5. The van der Waals surface area contributed by atoms with Gasteiger partial charge in [0.2, 0.25) is 11.8 Å². The Morgan fingerprint density at radius 1 is 1.12 bits per heavy atom. The Morgan fingerprint density at radius 3 is 2.52 bits per heavy atom. The number of halogens is 1. The highest BCUT2D eigenvalue weighted by Crippen LogP contribution is 2.42. The molecule has 0 bridgehead atoms. The number of esters is 1. The number of rotatable bonds is 8. The van der Waals surface area contributed by atoms with Crippen LogP contribution < -0.4 is 10.1 Å². The van der Waals surface area contributed by atoms with E-state index >= 15 is 0 Å². The maximum absolute atomic E-state index is 12.8. The molecule has 7 nitrogen and oxygen atoms in total. The molecule has 1 fully saturated rings. The highest BCUT2D eigenvalue weighted by molar-refractivity contribution is 8.04. The van der Waals surface area contributed by atoms with Crippen molar-refractivity contribution in [3.05, 3.63) is 76.2 Å². The number of amides is 2. The summed E-state index contributed by atoms with van der Waals surface area (Å²) in [5.41, 5.74) is 2.33. The third-order valence-electron chi connectivity index (χ3n) is 5.46. The molecule has 9 heteroatoms. The van der Waals surface area contributed by atoms with Crippen LogP contribution in [0.2, 0.25) is 0 Å². The number of nitrogens with zero attached hydrogens (tertiary/aromatic N) is 1. The van der Waals surface area contributed by atoms with Crippen molar-refractivity contribution in [3.63, 3.8) is 0 Å². The van der Waals surface area contributed by atoms with Gasteiger partial charge in [0.25, 0.3) is 0 Å². The molecule has 1 N–H and O–H groups in total. The fraction of sp³-hybridized carbons (Fsp3) is 0.292. The lowest BCUT2D eigenvalue weighted by Crippen LogP contribution is -2.70. The molecule has 0 radical (unpaired) electrons. The summed E-state index contributed by atoms with van der Waals surface area (Å²) in [4.78, 5) is 39.9. The number of alkyl halides is 1. The van der Waals surface area contributed by atoms with Crippen molar-refractivity contribution in [2.75, 3.05) is 19.5 Å². The van der Waals surface area contributed by atoms with Crippen LogP contribution in [0.3, 0.4) is 0 Å². The van der Waals surface area contributed by atoms with Gasteiger partial charge < -0.3 is 19.7 Å². The topological polar surface area (TPSA) is 84.9 Å². The van der Waals surface area contributed by atoms with Crippen molar-refractivity contribution in [3.8, 4) is 5.75 Å². The Labute approximate surface area is 201 Å². The molecular formula is C24H23ClN2O5S. The zero-order valence-corrected chi connectivity index (χ0v) is 19.5. The Morgan fingerprint density at radius 2 is 1.85 bits per heavy atom. The number of β-lactam (4-membered cyclic amide) rings is 1. The molecule has 2 unspecified atom stereocenters. The molecule has 0 aromatic heterocycles. The fourth-order valence-electron chi connectivity index (χ4n) is 3.68. The number of ether oxygens (including phenoxy) is 2. The lowest BCUT2D eigenvalue weighted by Gasteiger charge is -2.49. The van der Waals surface area contributed by atoms with Gasteiger partial charge in [-0.3, -0.25) is 9.59 Å². The fourth-order valence-corrected chi connectivity index (χ4v) is 5.30. The molecule has 1 saturated heterocycles. The van der Waals surface area contributed by atoms with Gasteiger partial charge in [-0.25, -0.2) is 4.79 Å². The molecule has 0 saturated carbocycles. The minimum Gasteiger partial charge on any atom is -0.497 e. The zero-order chi connectivity index (χ0) is 23.4. The van der Waals surface area contributed by atoms with E-state index in [0.29, 0.717) is 10.5 Å². The van der Waals surface area contributed by atoms with Crippen molar-refractivity contribution in [2.24, 2.45) is 0 Å². The quantitative estimate of drug-likeness (QED) is 0.351. The second-order valence-electron chi connectivity index (χ2n) is 7.67. The van der Waals surface area contributed by atoms with Gasteiger partial charge >= 0.3 is 5.97 Å². The van der Waals surface area contributed by atoms with Gasteiger partial charge in [-0.1, -0.05) is 54.2 Å². The number of nitrogens with one attached hydrogen (secondary N) is 1. The summed E-state index contributed by atoms with van der Waals surface area (Å²) in [5.74, 6) is -0.0747. The van der Waals surface area contributed by atoms with Gasteiger partial charge in [-0.2, -0.15) is 0 Å². The van der Waals surface area contributed by atoms with Crippen LogP contribution >= 0.6 is 23.4 Å². The molecule has 2 aromatic rings. The second-order valence-corrected chi connectivity index (χ2v) is 9.07. The summed E-state index contributed by atoms with van der Waals surface area (Å²) in [6, 6.07) is 15.9. The van der Waals surface area contributed by atoms with Gasteiger partial charge in [0.05, 0.1) is 18.4 Å². The molecule has 33 heavy (non-hydrogen) atoms. The summed E-state index contributed by atoms with van der Waals surface area (Å²) in [7, 11) is 1.58. The van der Waals surface area contributed by atoms with Crippen molar-refractivity contribution in [1.29, 1.82) is 0 Å². The molecule has 2 atom stereocenters. The van der Waals surface area contributed by atoms with Crippen molar-refractivity contribution < 1.29 is 23.9 Å². The standard InChI is InChI=1S/C24H23ClN2O5S/c1-31-18-9-7-16(8-10-18)14-32-24(30)21-17(12-25)13-27-22(29)20(23(27)33-21)26-19(28)11-15-5-3-2-4-6-15/h2-10,20,23H,11-14H2,1H3,(H,26,28). The second kappa shape index (κ2) is 10.3. The molecule has 4 rings (SSSR count). The number of benzene rings is 2. The van der Waals surface area contributed by atoms with Gasteiger partial charge in [0, 0.05) is 12.4 Å². The van der Waals surface area contributed by atoms with Gasteiger partial charge in [0.15, 0.2) is 0 Å². The molecule has 2 amide bonds. The molecule has 2 aliphatic heterocycles. The highest BCUT2D eigenvalue weighted by atomic mass is 35.5. The monoisotopic (exact) mass is 486 g/mol. The van der Waals surface area contributed by atoms with E-state index in [9.17, 15) is 14.4 Å². The van der Waals surface area contributed by atoms with E-state index in [1.165, 1.54) is 11.8 Å². The molecule has 172 valence electrons. The molecule has 0 aliphatic carbocycles. The highest BCUT2D eigenvalue weighted by Gasteiger charge is 2.52. The first-order valence-corrected chi connectivity index (χ1v) is 11.8. The van der Waals surface area contributed by atoms with Crippen LogP contribution in [-0.2, 0) is 32.1 Å². The van der Waals surface area contributed by atoms with E-state index in [-0.39, 0.29) is 42.6 Å². The SMILES string of the molecule is COc1ccc(COC(=O)C2=C(CCl)CN3C(=O)C(NC(=O)Cc4ccccc4)C3S2)cc1. The van der Waals surface area contributed by atoms with E-state index in [1.807, 2.05) is 42.5 Å². The minimum absolute atomic E-state index is 0.104. The van der Waals surface area contributed by atoms with Crippen molar-refractivity contribution >= 4 is 41.1 Å². The average Bonchev–Trinajstić information content (AvgIpc) is 2.85. The molecule has 0 spiro atoms. The predicted molar refractivity (Wildman–Crippen MR) is 126 cm³/mol. The molecular weight excluding hydrogens is 464 g/mol. The Kier molecular flexibility index (Phi) is 7.25. The number of carbonyl (C=O) groups is 3. The van der Waals surface area contributed by atoms with E-state index < -0.39 is 12.0 Å². The van der Waals surface area contributed by atoms with Crippen LogP contribution in [0.5, 0.6) is 5.75 Å². The predicted octanol–water partition coefficient (Wildman–Crippen LogP) is 2.87. The van der Waals surface area contributed by atoms with Crippen LogP contribution in [0.1, 0.15) is 11.1 Å².